The van der Waals surface area contributed by atoms with E-state index in [0.717, 1.165) is 5.56 Å². The Labute approximate surface area is 100 Å². The average molecular weight is 240 g/mol. The first-order chi connectivity index (χ1) is 7.16. The summed E-state index contributed by atoms with van der Waals surface area (Å²) in [6.45, 7) is 0.637. The number of aryl methyl sites for hydroxylation is 1. The molecule has 5 nitrogen and oxygen atoms in total. The van der Waals surface area contributed by atoms with Crippen molar-refractivity contribution in [3.63, 3.8) is 0 Å². The zero-order valence-corrected chi connectivity index (χ0v) is 9.72. The lowest BCUT2D eigenvalue weighted by Gasteiger charge is -2.02. The Morgan fingerprint density at radius 2 is 2.19 bits per heavy atom. The lowest BCUT2D eigenvalue weighted by atomic mass is 10.3. The van der Waals surface area contributed by atoms with E-state index in [9.17, 15) is 0 Å². The van der Waals surface area contributed by atoms with Gasteiger partial charge in [0.2, 0.25) is 0 Å². The topological polar surface area (TPSA) is 73.7 Å². The van der Waals surface area contributed by atoms with Gasteiger partial charge in [-0.15, -0.1) is 0 Å². The summed E-state index contributed by atoms with van der Waals surface area (Å²) in [6.07, 6.45) is 5.57. The van der Waals surface area contributed by atoms with Gasteiger partial charge in [0.1, 0.15) is 12.9 Å². The van der Waals surface area contributed by atoms with Crippen molar-refractivity contribution in [1.29, 1.82) is 0 Å². The Hall–Kier alpha value is -1.75. The highest BCUT2D eigenvalue weighted by atomic mass is 35.5. The molecule has 16 heavy (non-hydrogen) atoms. The zero-order valence-electron chi connectivity index (χ0n) is 8.97. The molecule has 0 aliphatic carbocycles. The van der Waals surface area contributed by atoms with Gasteiger partial charge in [-0.05, 0) is 6.07 Å². The van der Waals surface area contributed by atoms with Gasteiger partial charge < -0.3 is 23.9 Å². The maximum absolute atomic E-state index is 5.76. The summed E-state index contributed by atoms with van der Waals surface area (Å²) in [5.74, 6) is 0.515. The molecule has 0 saturated carbocycles. The first-order valence-corrected chi connectivity index (χ1v) is 4.68. The van der Waals surface area contributed by atoms with Crippen LogP contribution in [0.5, 0.6) is 0 Å². The van der Waals surface area contributed by atoms with Gasteiger partial charge in [-0.2, -0.15) is 5.10 Å². The van der Waals surface area contributed by atoms with Gasteiger partial charge in [-0.1, -0.05) is 0 Å². The molecule has 2 aromatic rings. The fourth-order valence-corrected chi connectivity index (χ4v) is 1.45. The van der Waals surface area contributed by atoms with Gasteiger partial charge in [0.25, 0.3) is 0 Å². The van der Waals surface area contributed by atoms with Crippen molar-refractivity contribution in [2.75, 3.05) is 11.5 Å². The summed E-state index contributed by atoms with van der Waals surface area (Å²) in [5.41, 5.74) is 13.0. The van der Waals surface area contributed by atoms with Gasteiger partial charge in [0.15, 0.2) is 12.4 Å². The number of hydrogen-bond acceptors (Lipinski definition) is 3. The molecule has 86 valence electrons. The Balaban J connectivity index is 0.00000128. The van der Waals surface area contributed by atoms with E-state index in [4.69, 9.17) is 11.5 Å². The molecule has 2 heterocycles. The third-order valence-corrected chi connectivity index (χ3v) is 2.24. The van der Waals surface area contributed by atoms with Crippen molar-refractivity contribution in [3.05, 3.63) is 36.3 Å². The molecule has 0 fully saturated rings. The van der Waals surface area contributed by atoms with Crippen LogP contribution in [0.4, 0.5) is 11.5 Å². The second-order valence-corrected chi connectivity index (χ2v) is 3.52. The first kappa shape index (κ1) is 12.3. The number of pyridine rings is 1. The molecular weight excluding hydrogens is 226 g/mol. The molecular formula is C10H14ClN5. The van der Waals surface area contributed by atoms with Crippen LogP contribution in [0.1, 0.15) is 5.56 Å². The summed E-state index contributed by atoms with van der Waals surface area (Å²) in [4.78, 5) is 0. The van der Waals surface area contributed by atoms with Crippen molar-refractivity contribution >= 4 is 11.5 Å². The highest BCUT2D eigenvalue weighted by Crippen LogP contribution is 2.13. The zero-order chi connectivity index (χ0) is 10.8. The Bertz CT molecular complexity index is 480. The Morgan fingerprint density at radius 3 is 2.75 bits per heavy atom. The second-order valence-electron chi connectivity index (χ2n) is 3.52. The van der Waals surface area contributed by atoms with E-state index in [-0.39, 0.29) is 12.4 Å². The summed E-state index contributed by atoms with van der Waals surface area (Å²) >= 11 is 0. The molecule has 0 aliphatic heterocycles. The maximum atomic E-state index is 5.76. The van der Waals surface area contributed by atoms with Gasteiger partial charge in [0, 0.05) is 11.6 Å². The normalized spacial score (nSPS) is 9.81. The summed E-state index contributed by atoms with van der Waals surface area (Å²) < 4.78 is 3.67. The highest BCUT2D eigenvalue weighted by Gasteiger charge is 2.06. The monoisotopic (exact) mass is 239 g/mol. The standard InChI is InChI=1S/C10H14N5.ClH/c1-14-4-2-3-8(6-14)7-15-10(12)9(11)5-13-15;/h2-6H,7,11-12H2,1H3;1H/q+1;/p-1. The van der Waals surface area contributed by atoms with E-state index in [0.29, 0.717) is 18.1 Å². The lowest BCUT2D eigenvalue weighted by molar-refractivity contribution is -0.671. The van der Waals surface area contributed by atoms with Crippen LogP contribution in [0, 0.1) is 0 Å². The number of halogens is 1. The minimum atomic E-state index is 0. The molecule has 0 saturated heterocycles. The van der Waals surface area contributed by atoms with Crippen LogP contribution >= 0.6 is 0 Å². The Kier molecular flexibility index (Phi) is 3.73. The van der Waals surface area contributed by atoms with Crippen LogP contribution in [0.2, 0.25) is 0 Å². The minimum absolute atomic E-state index is 0. The van der Waals surface area contributed by atoms with Gasteiger partial charge in [-0.25, -0.2) is 9.25 Å². The molecule has 4 N–H and O–H groups in total. The van der Waals surface area contributed by atoms with E-state index >= 15 is 0 Å². The summed E-state index contributed by atoms with van der Waals surface area (Å²) in [6, 6.07) is 4.01. The average Bonchev–Trinajstić information content (AvgIpc) is 2.50. The molecule has 0 aliphatic rings. The quantitative estimate of drug-likeness (QED) is 0.546. The number of aromatic nitrogens is 3. The van der Waals surface area contributed by atoms with Crippen LogP contribution in [0.25, 0.3) is 0 Å². The predicted octanol–water partition coefficient (Wildman–Crippen LogP) is -3.08. The van der Waals surface area contributed by atoms with Crippen molar-refractivity contribution in [1.82, 2.24) is 9.78 Å². The predicted molar refractivity (Wildman–Crippen MR) is 57.8 cm³/mol. The summed E-state index contributed by atoms with van der Waals surface area (Å²) in [7, 11) is 1.98. The number of rotatable bonds is 2. The fraction of sp³-hybridized carbons (Fsp3) is 0.200. The van der Waals surface area contributed by atoms with Crippen molar-refractivity contribution in [3.8, 4) is 0 Å². The third-order valence-electron chi connectivity index (χ3n) is 2.24. The van der Waals surface area contributed by atoms with E-state index in [1.807, 2.05) is 36.1 Å². The van der Waals surface area contributed by atoms with E-state index in [1.54, 1.807) is 10.9 Å². The number of hydrogen-bond donors (Lipinski definition) is 2. The maximum Gasteiger partial charge on any atom is 0.173 e. The third kappa shape index (κ3) is 2.43. The molecule has 2 rings (SSSR count). The molecule has 2 aromatic heterocycles. The molecule has 0 aromatic carbocycles. The highest BCUT2D eigenvalue weighted by molar-refractivity contribution is 5.57. The van der Waals surface area contributed by atoms with Gasteiger partial charge in [0.05, 0.1) is 18.4 Å². The summed E-state index contributed by atoms with van der Waals surface area (Å²) in [5, 5.41) is 4.10. The first-order valence-electron chi connectivity index (χ1n) is 4.68. The van der Waals surface area contributed by atoms with Crippen molar-refractivity contribution in [2.24, 2.45) is 7.05 Å². The molecule has 0 amide bonds. The number of nitrogens with two attached hydrogens (primary N) is 2. The smallest absolute Gasteiger partial charge is 0.173 e. The van der Waals surface area contributed by atoms with Crippen molar-refractivity contribution < 1.29 is 17.0 Å². The molecule has 6 heteroatoms. The van der Waals surface area contributed by atoms with Crippen LogP contribution in [0.3, 0.4) is 0 Å². The Morgan fingerprint density at radius 1 is 1.44 bits per heavy atom. The van der Waals surface area contributed by atoms with Crippen LogP contribution in [0.15, 0.2) is 30.7 Å². The molecule has 0 spiro atoms. The fourth-order valence-electron chi connectivity index (χ4n) is 1.45. The van der Waals surface area contributed by atoms with Gasteiger partial charge >= 0.3 is 0 Å². The second kappa shape index (κ2) is 4.85. The number of nitrogens with zero attached hydrogens (tertiary/aromatic N) is 3. The largest absolute Gasteiger partial charge is 1.00 e. The van der Waals surface area contributed by atoms with E-state index in [1.165, 1.54) is 0 Å². The minimum Gasteiger partial charge on any atom is -1.00 e. The van der Waals surface area contributed by atoms with Crippen LogP contribution < -0.4 is 28.4 Å². The molecule has 0 bridgehead atoms. The van der Waals surface area contributed by atoms with Crippen LogP contribution in [-0.2, 0) is 13.6 Å². The van der Waals surface area contributed by atoms with Crippen molar-refractivity contribution in [2.45, 2.75) is 6.54 Å². The molecule has 0 unspecified atom stereocenters. The van der Waals surface area contributed by atoms with E-state index < -0.39 is 0 Å². The van der Waals surface area contributed by atoms with Gasteiger partial charge in [-0.3, -0.25) is 0 Å². The van der Waals surface area contributed by atoms with E-state index in [2.05, 4.69) is 5.10 Å². The number of anilines is 2. The molecule has 0 radical (unpaired) electrons. The van der Waals surface area contributed by atoms with Crippen LogP contribution in [-0.4, -0.2) is 9.78 Å². The number of nitrogen functional groups attached to an aromatic ring is 2. The molecule has 0 atom stereocenters. The lowest BCUT2D eigenvalue weighted by Crippen LogP contribution is -3.00. The SMILES string of the molecule is C[n+]1cccc(Cn2ncc(N)c2N)c1.[Cl-].